The van der Waals surface area contributed by atoms with Crippen LogP contribution in [0.4, 0.5) is 0 Å². The number of hydrogen-bond donors (Lipinski definition) is 2. The molecule has 0 fully saturated rings. The van der Waals surface area contributed by atoms with Gasteiger partial charge in [-0.1, -0.05) is 19.8 Å². The van der Waals surface area contributed by atoms with Crippen molar-refractivity contribution >= 4 is 5.84 Å². The summed E-state index contributed by atoms with van der Waals surface area (Å²) in [5.74, 6) is 0.294. The average molecular weight is 127 g/mol. The van der Waals surface area contributed by atoms with Gasteiger partial charge >= 0.3 is 0 Å². The maximum atomic E-state index is 6.89. The van der Waals surface area contributed by atoms with Crippen molar-refractivity contribution in [2.75, 3.05) is 0 Å². The molecule has 0 amide bonds. The van der Waals surface area contributed by atoms with Gasteiger partial charge in [0, 0.05) is 6.42 Å². The smallest absolute Gasteiger partial charge is 0.0905 e. The minimum absolute atomic E-state index is 0.294. The molecule has 53 valence electrons. The summed E-state index contributed by atoms with van der Waals surface area (Å²) < 4.78 is 0. The third-order valence-electron chi connectivity index (χ3n) is 1.11. The van der Waals surface area contributed by atoms with Crippen molar-refractivity contribution < 1.29 is 0 Å². The summed E-state index contributed by atoms with van der Waals surface area (Å²) in [5, 5.41) is 6.89. The fourth-order valence-corrected chi connectivity index (χ4v) is 0.606. The van der Waals surface area contributed by atoms with E-state index in [1.165, 1.54) is 6.42 Å². The zero-order valence-electron chi connectivity index (χ0n) is 5.98. The van der Waals surface area contributed by atoms with E-state index in [0.717, 1.165) is 19.3 Å². The predicted molar refractivity (Wildman–Crippen MR) is 40.4 cm³/mol. The minimum atomic E-state index is 0.294. The van der Waals surface area contributed by atoms with Crippen LogP contribution in [-0.2, 0) is 0 Å². The molecule has 0 saturated heterocycles. The summed E-state index contributed by atoms with van der Waals surface area (Å²) in [5.41, 5.74) is 5.14. The van der Waals surface area contributed by atoms with Gasteiger partial charge in [-0.05, 0) is 12.8 Å². The first kappa shape index (κ1) is 8.47. The lowest BCUT2D eigenvalue weighted by molar-refractivity contribution is 0.828. The molecule has 0 saturated carbocycles. The molecular weight excluding hydrogens is 112 g/mol. The van der Waals surface area contributed by atoms with Gasteiger partial charge in [0.25, 0.3) is 0 Å². The second kappa shape index (κ2) is 5.60. The van der Waals surface area contributed by atoms with E-state index in [1.54, 1.807) is 0 Å². The normalized spacial score (nSPS) is 9.44. The van der Waals surface area contributed by atoms with Crippen molar-refractivity contribution in [2.45, 2.75) is 32.6 Å². The Morgan fingerprint density at radius 1 is 1.56 bits per heavy atom. The van der Waals surface area contributed by atoms with Crippen molar-refractivity contribution in [3.8, 4) is 0 Å². The van der Waals surface area contributed by atoms with Crippen molar-refractivity contribution in [1.82, 2.24) is 0 Å². The van der Waals surface area contributed by atoms with Crippen LogP contribution in [0.25, 0.3) is 0 Å². The molecule has 0 aromatic carbocycles. The van der Waals surface area contributed by atoms with Gasteiger partial charge in [-0.2, -0.15) is 0 Å². The quantitative estimate of drug-likeness (QED) is 0.329. The SMILES string of the molecule is CCC[CH]CCC(=N)N. The molecule has 0 aliphatic carbocycles. The van der Waals surface area contributed by atoms with E-state index >= 15 is 0 Å². The molecule has 0 aromatic heterocycles. The maximum absolute atomic E-state index is 6.89. The predicted octanol–water partition coefficient (Wildman–Crippen LogP) is 1.71. The summed E-state index contributed by atoms with van der Waals surface area (Å²) in [6, 6.07) is 0. The van der Waals surface area contributed by atoms with Crippen LogP contribution in [0.1, 0.15) is 32.6 Å². The summed E-state index contributed by atoms with van der Waals surface area (Å²) in [4.78, 5) is 0. The molecule has 3 N–H and O–H groups in total. The van der Waals surface area contributed by atoms with Crippen molar-refractivity contribution in [1.29, 1.82) is 5.41 Å². The van der Waals surface area contributed by atoms with Crippen molar-refractivity contribution in [2.24, 2.45) is 5.73 Å². The van der Waals surface area contributed by atoms with Gasteiger partial charge in [0.05, 0.1) is 5.84 Å². The van der Waals surface area contributed by atoms with Crippen LogP contribution in [0.2, 0.25) is 0 Å². The molecule has 9 heavy (non-hydrogen) atoms. The van der Waals surface area contributed by atoms with Crippen LogP contribution in [0, 0.1) is 11.8 Å². The third-order valence-corrected chi connectivity index (χ3v) is 1.11. The largest absolute Gasteiger partial charge is 0.388 e. The summed E-state index contributed by atoms with van der Waals surface area (Å²) in [6.45, 7) is 2.14. The number of rotatable bonds is 5. The molecule has 1 radical (unpaired) electrons. The summed E-state index contributed by atoms with van der Waals surface area (Å²) >= 11 is 0. The molecule has 2 nitrogen and oxygen atoms in total. The molecule has 0 spiro atoms. The van der Waals surface area contributed by atoms with Crippen LogP contribution in [0.3, 0.4) is 0 Å². The molecule has 0 aliphatic heterocycles. The monoisotopic (exact) mass is 127 g/mol. The van der Waals surface area contributed by atoms with Gasteiger partial charge in [0.2, 0.25) is 0 Å². The maximum Gasteiger partial charge on any atom is 0.0905 e. The van der Waals surface area contributed by atoms with E-state index in [-0.39, 0.29) is 0 Å². The average Bonchev–Trinajstić information content (AvgIpc) is 1.80. The molecule has 2 heteroatoms. The van der Waals surface area contributed by atoms with Gasteiger partial charge in [0.15, 0.2) is 0 Å². The number of unbranched alkanes of at least 4 members (excludes halogenated alkanes) is 3. The Hall–Kier alpha value is -0.530. The lowest BCUT2D eigenvalue weighted by atomic mass is 10.1. The number of nitrogens with two attached hydrogens (primary N) is 1. The topological polar surface area (TPSA) is 49.9 Å². The van der Waals surface area contributed by atoms with E-state index in [9.17, 15) is 0 Å². The zero-order valence-corrected chi connectivity index (χ0v) is 5.98. The highest BCUT2D eigenvalue weighted by molar-refractivity contribution is 5.76. The van der Waals surface area contributed by atoms with Crippen LogP contribution >= 0.6 is 0 Å². The van der Waals surface area contributed by atoms with Crippen LogP contribution in [0.5, 0.6) is 0 Å². The Morgan fingerprint density at radius 2 is 2.22 bits per heavy atom. The van der Waals surface area contributed by atoms with Gasteiger partial charge < -0.3 is 5.73 Å². The number of amidine groups is 1. The summed E-state index contributed by atoms with van der Waals surface area (Å²) in [6.07, 6.45) is 6.20. The molecule has 0 atom stereocenters. The van der Waals surface area contributed by atoms with Gasteiger partial charge in [-0.25, -0.2) is 0 Å². The molecule has 0 rings (SSSR count). The van der Waals surface area contributed by atoms with Crippen molar-refractivity contribution in [3.63, 3.8) is 0 Å². The highest BCUT2D eigenvalue weighted by atomic mass is 14.7. The Balaban J connectivity index is 2.83. The van der Waals surface area contributed by atoms with E-state index in [2.05, 4.69) is 13.3 Å². The van der Waals surface area contributed by atoms with E-state index in [1.807, 2.05) is 0 Å². The molecule has 0 aromatic rings. The third kappa shape index (κ3) is 7.47. The van der Waals surface area contributed by atoms with Crippen LogP contribution in [-0.4, -0.2) is 5.84 Å². The first-order valence-electron chi connectivity index (χ1n) is 3.42. The van der Waals surface area contributed by atoms with E-state index < -0.39 is 0 Å². The highest BCUT2D eigenvalue weighted by Gasteiger charge is 1.89. The highest BCUT2D eigenvalue weighted by Crippen LogP contribution is 1.99. The molecule has 0 unspecified atom stereocenters. The van der Waals surface area contributed by atoms with E-state index in [0.29, 0.717) is 5.84 Å². The number of nitrogens with one attached hydrogen (secondary N) is 1. The minimum Gasteiger partial charge on any atom is -0.388 e. The molecular formula is C7H15N2. The molecule has 0 bridgehead atoms. The van der Waals surface area contributed by atoms with Gasteiger partial charge in [-0.15, -0.1) is 0 Å². The summed E-state index contributed by atoms with van der Waals surface area (Å²) in [7, 11) is 0. The first-order valence-corrected chi connectivity index (χ1v) is 3.42. The lowest BCUT2D eigenvalue weighted by Crippen LogP contribution is -2.08. The number of hydrogen-bond acceptors (Lipinski definition) is 1. The second-order valence-electron chi connectivity index (χ2n) is 2.14. The molecule has 0 aliphatic rings. The van der Waals surface area contributed by atoms with Crippen LogP contribution in [0.15, 0.2) is 0 Å². The standard InChI is InChI=1S/C7H15N2/c1-2-3-4-5-6-7(8)9/h4H,2-3,5-6H2,1H3,(H3,8,9). The van der Waals surface area contributed by atoms with Crippen molar-refractivity contribution in [3.05, 3.63) is 6.42 Å². The Morgan fingerprint density at radius 3 is 2.67 bits per heavy atom. The Labute approximate surface area is 57.0 Å². The van der Waals surface area contributed by atoms with Gasteiger partial charge in [-0.3, -0.25) is 5.41 Å². The fraction of sp³-hybridized carbons (Fsp3) is 0.714. The lowest BCUT2D eigenvalue weighted by Gasteiger charge is -1.95. The van der Waals surface area contributed by atoms with E-state index in [4.69, 9.17) is 11.1 Å². The van der Waals surface area contributed by atoms with Gasteiger partial charge in [0.1, 0.15) is 0 Å². The fourth-order valence-electron chi connectivity index (χ4n) is 0.606. The Bertz CT molecular complexity index is 79.0. The first-order chi connectivity index (χ1) is 4.27. The molecule has 0 heterocycles. The van der Waals surface area contributed by atoms with Crippen LogP contribution < -0.4 is 5.73 Å². The second-order valence-corrected chi connectivity index (χ2v) is 2.14. The zero-order chi connectivity index (χ0) is 7.11. The Kier molecular flexibility index (Phi) is 5.27.